The summed E-state index contributed by atoms with van der Waals surface area (Å²) in [5.74, 6) is -0.485. The fourth-order valence-corrected chi connectivity index (χ4v) is 2.89. The molecule has 1 amide bonds. The summed E-state index contributed by atoms with van der Waals surface area (Å²) < 4.78 is 1.86. The minimum Gasteiger partial charge on any atom is -0.328 e. The largest absolute Gasteiger partial charge is 0.328 e. The molecule has 0 atom stereocenters. The third kappa shape index (κ3) is 3.64. The number of pyridine rings is 1. The monoisotopic (exact) mass is 339 g/mol. The quantitative estimate of drug-likeness (QED) is 0.541. The number of amides is 1. The molecule has 120 valence electrons. The van der Waals surface area contributed by atoms with E-state index in [1.165, 1.54) is 12.1 Å². The molecule has 0 aliphatic rings. The summed E-state index contributed by atoms with van der Waals surface area (Å²) in [4.78, 5) is 26.8. The van der Waals surface area contributed by atoms with E-state index in [0.717, 1.165) is 16.9 Å². The molecule has 0 aliphatic heterocycles. The average molecular weight is 339 g/mol. The van der Waals surface area contributed by atoms with Crippen LogP contribution in [0.5, 0.6) is 0 Å². The molecule has 0 unspecified atom stereocenters. The summed E-state index contributed by atoms with van der Waals surface area (Å²) in [6, 6.07) is 18.0. The number of hydrogen-bond donors (Lipinski definition) is 0. The summed E-state index contributed by atoms with van der Waals surface area (Å²) in [6.45, 7) is 0.582. The molecule has 0 saturated carbocycles. The van der Waals surface area contributed by atoms with Crippen molar-refractivity contribution in [1.82, 2.24) is 4.57 Å². The lowest BCUT2D eigenvalue weighted by molar-refractivity contribution is -0.380. The Kier molecular flexibility index (Phi) is 4.62. The SMILES string of the molecule is O=C(N=c1ccccn1Cc1ccccc1)c1ccc([N+](=O)[O-])s1. The van der Waals surface area contributed by atoms with Crippen LogP contribution in [0.15, 0.2) is 71.9 Å². The first-order valence-corrected chi connectivity index (χ1v) is 7.98. The Morgan fingerprint density at radius 1 is 1.08 bits per heavy atom. The van der Waals surface area contributed by atoms with Crippen molar-refractivity contribution >= 4 is 22.2 Å². The van der Waals surface area contributed by atoms with E-state index in [9.17, 15) is 14.9 Å². The van der Waals surface area contributed by atoms with E-state index in [4.69, 9.17) is 0 Å². The summed E-state index contributed by atoms with van der Waals surface area (Å²) in [5.41, 5.74) is 1.59. The standard InChI is InChI=1S/C17H13N3O3S/c21-17(14-9-10-16(24-14)20(22)23)18-15-8-4-5-11-19(15)12-13-6-2-1-3-7-13/h1-11H,12H2. The minimum absolute atomic E-state index is 0.0706. The first kappa shape index (κ1) is 15.8. The lowest BCUT2D eigenvalue weighted by Crippen LogP contribution is -2.21. The van der Waals surface area contributed by atoms with Gasteiger partial charge in [0.15, 0.2) is 0 Å². The van der Waals surface area contributed by atoms with Crippen LogP contribution in [-0.4, -0.2) is 15.4 Å². The van der Waals surface area contributed by atoms with Crippen LogP contribution in [0.25, 0.3) is 0 Å². The lowest BCUT2D eigenvalue weighted by Gasteiger charge is -2.07. The number of carbonyl (C=O) groups is 1. The highest BCUT2D eigenvalue weighted by Gasteiger charge is 2.14. The van der Waals surface area contributed by atoms with Crippen LogP contribution < -0.4 is 5.49 Å². The van der Waals surface area contributed by atoms with Gasteiger partial charge in [-0.05, 0) is 23.8 Å². The molecular formula is C17H13N3O3S. The molecule has 0 spiro atoms. The number of aromatic nitrogens is 1. The van der Waals surface area contributed by atoms with Gasteiger partial charge in [-0.15, -0.1) is 0 Å². The summed E-state index contributed by atoms with van der Waals surface area (Å²) in [7, 11) is 0. The van der Waals surface area contributed by atoms with E-state index >= 15 is 0 Å². The maximum atomic E-state index is 12.3. The van der Waals surface area contributed by atoms with Gasteiger partial charge >= 0.3 is 5.00 Å². The number of nitro groups is 1. The number of nitrogens with zero attached hydrogens (tertiary/aromatic N) is 3. The number of benzene rings is 1. The summed E-state index contributed by atoms with van der Waals surface area (Å²) in [5, 5.41) is 10.7. The van der Waals surface area contributed by atoms with E-state index in [2.05, 4.69) is 4.99 Å². The second-order valence-electron chi connectivity index (χ2n) is 4.98. The number of carbonyl (C=O) groups excluding carboxylic acids is 1. The summed E-state index contributed by atoms with van der Waals surface area (Å²) >= 11 is 0.827. The minimum atomic E-state index is -0.514. The smallest absolute Gasteiger partial charge is 0.324 e. The van der Waals surface area contributed by atoms with Crippen molar-refractivity contribution < 1.29 is 9.72 Å². The molecule has 0 bridgehead atoms. The second-order valence-corrected chi connectivity index (χ2v) is 6.05. The molecular weight excluding hydrogens is 326 g/mol. The van der Waals surface area contributed by atoms with Gasteiger partial charge in [0, 0.05) is 18.8 Å². The van der Waals surface area contributed by atoms with E-state index in [-0.39, 0.29) is 9.88 Å². The van der Waals surface area contributed by atoms with E-state index in [0.29, 0.717) is 12.0 Å². The van der Waals surface area contributed by atoms with Crippen molar-refractivity contribution in [3.05, 3.63) is 92.9 Å². The van der Waals surface area contributed by atoms with Gasteiger partial charge in [-0.2, -0.15) is 4.99 Å². The Morgan fingerprint density at radius 2 is 1.83 bits per heavy atom. The molecule has 0 aliphatic carbocycles. The van der Waals surface area contributed by atoms with Crippen LogP contribution in [0.3, 0.4) is 0 Å². The van der Waals surface area contributed by atoms with Crippen LogP contribution in [0.2, 0.25) is 0 Å². The van der Waals surface area contributed by atoms with Gasteiger partial charge in [0.25, 0.3) is 5.91 Å². The van der Waals surface area contributed by atoms with Gasteiger partial charge in [-0.1, -0.05) is 47.7 Å². The number of hydrogen-bond acceptors (Lipinski definition) is 4. The Labute approximate surface area is 141 Å². The van der Waals surface area contributed by atoms with Crippen molar-refractivity contribution in [3.63, 3.8) is 0 Å². The predicted octanol–water partition coefficient (Wildman–Crippen LogP) is 3.25. The van der Waals surface area contributed by atoms with Crippen LogP contribution in [0.4, 0.5) is 5.00 Å². The zero-order chi connectivity index (χ0) is 16.9. The summed E-state index contributed by atoms with van der Waals surface area (Å²) in [6.07, 6.45) is 1.84. The van der Waals surface area contributed by atoms with Crippen LogP contribution in [0, 0.1) is 10.1 Å². The van der Waals surface area contributed by atoms with Gasteiger partial charge in [-0.25, -0.2) is 0 Å². The molecule has 3 aromatic rings. The first-order valence-electron chi connectivity index (χ1n) is 7.16. The molecule has 0 radical (unpaired) electrons. The molecule has 7 heteroatoms. The van der Waals surface area contributed by atoms with Crippen molar-refractivity contribution in [2.45, 2.75) is 6.54 Å². The highest BCUT2D eigenvalue weighted by atomic mass is 32.1. The third-order valence-electron chi connectivity index (χ3n) is 3.31. The van der Waals surface area contributed by atoms with Crippen molar-refractivity contribution in [1.29, 1.82) is 0 Å². The van der Waals surface area contributed by atoms with Crippen LogP contribution in [-0.2, 0) is 6.54 Å². The van der Waals surface area contributed by atoms with Crippen LogP contribution in [0.1, 0.15) is 15.2 Å². The maximum absolute atomic E-state index is 12.3. The van der Waals surface area contributed by atoms with E-state index < -0.39 is 10.8 Å². The second kappa shape index (κ2) is 7.01. The van der Waals surface area contributed by atoms with Gasteiger partial charge in [0.05, 0.1) is 4.92 Å². The van der Waals surface area contributed by atoms with Gasteiger partial charge in [0.1, 0.15) is 10.4 Å². The third-order valence-corrected chi connectivity index (χ3v) is 4.34. The Balaban J connectivity index is 1.92. The molecule has 2 aromatic heterocycles. The zero-order valence-electron chi connectivity index (χ0n) is 12.5. The van der Waals surface area contributed by atoms with Gasteiger partial charge in [0.2, 0.25) is 0 Å². The highest BCUT2D eigenvalue weighted by Crippen LogP contribution is 2.24. The lowest BCUT2D eigenvalue weighted by atomic mass is 10.2. The first-order chi connectivity index (χ1) is 11.6. The van der Waals surface area contributed by atoms with Crippen molar-refractivity contribution in [2.75, 3.05) is 0 Å². The molecule has 1 aromatic carbocycles. The molecule has 2 heterocycles. The molecule has 0 saturated heterocycles. The normalized spacial score (nSPS) is 11.4. The zero-order valence-corrected chi connectivity index (χ0v) is 13.3. The van der Waals surface area contributed by atoms with E-state index in [1.54, 1.807) is 12.1 Å². The van der Waals surface area contributed by atoms with Crippen molar-refractivity contribution in [3.8, 4) is 0 Å². The molecule has 24 heavy (non-hydrogen) atoms. The number of thiophene rings is 1. The Bertz CT molecular complexity index is 945. The molecule has 0 N–H and O–H groups in total. The molecule has 3 rings (SSSR count). The van der Waals surface area contributed by atoms with Crippen molar-refractivity contribution in [2.24, 2.45) is 4.99 Å². The molecule has 6 nitrogen and oxygen atoms in total. The maximum Gasteiger partial charge on any atom is 0.324 e. The Hall–Kier alpha value is -3.06. The van der Waals surface area contributed by atoms with E-state index in [1.807, 2.05) is 47.2 Å². The highest BCUT2D eigenvalue weighted by molar-refractivity contribution is 7.17. The average Bonchev–Trinajstić information content (AvgIpc) is 3.08. The predicted molar refractivity (Wildman–Crippen MR) is 90.8 cm³/mol. The van der Waals surface area contributed by atoms with Crippen LogP contribution >= 0.6 is 11.3 Å². The molecule has 0 fully saturated rings. The van der Waals surface area contributed by atoms with Gasteiger partial charge in [-0.3, -0.25) is 14.9 Å². The topological polar surface area (TPSA) is 77.5 Å². The fourth-order valence-electron chi connectivity index (χ4n) is 2.18. The Morgan fingerprint density at radius 3 is 2.54 bits per heavy atom. The fraction of sp³-hybridized carbons (Fsp3) is 0.0588. The number of rotatable bonds is 4. The van der Waals surface area contributed by atoms with Gasteiger partial charge < -0.3 is 4.57 Å².